The molecule has 2 rings (SSSR count). The summed E-state index contributed by atoms with van der Waals surface area (Å²) in [4.78, 5) is 38.8. The summed E-state index contributed by atoms with van der Waals surface area (Å²) in [6.07, 6.45) is 0.0522. The quantitative estimate of drug-likeness (QED) is 0.709. The molecule has 0 bridgehead atoms. The van der Waals surface area contributed by atoms with Gasteiger partial charge in [-0.05, 0) is 24.7 Å². The zero-order valence-corrected chi connectivity index (χ0v) is 14.3. The summed E-state index contributed by atoms with van der Waals surface area (Å²) in [5, 5.41) is 11.4. The number of hydrogen-bond acceptors (Lipinski definition) is 5. The largest absolute Gasteiger partial charge is 0.481 e. The van der Waals surface area contributed by atoms with Gasteiger partial charge in [-0.25, -0.2) is 0 Å². The van der Waals surface area contributed by atoms with Crippen LogP contribution < -0.4 is 10.2 Å². The maximum atomic E-state index is 11.7. The third kappa shape index (κ3) is 5.04. The number of aromatic amines is 1. The van der Waals surface area contributed by atoms with Crippen LogP contribution in [-0.2, 0) is 16.1 Å². The minimum absolute atomic E-state index is 0.0522. The number of H-pyrrole nitrogens is 1. The Labute approximate surface area is 142 Å². The standard InChI is InChI=1S/C16H19N3O4S/c1-10(20)17-12-5-3-11(4-6-12)15-13(24-16(23)18-15)9-19(2)8-7-14(21)22/h3-6H,7-9H2,1-2H3,(H,17,20)(H,18,23)(H,21,22). The van der Waals surface area contributed by atoms with Gasteiger partial charge in [0, 0.05) is 30.6 Å². The number of carboxylic acid groups (broad SMARTS) is 1. The predicted octanol–water partition coefficient (Wildman–Crippen LogP) is 1.97. The van der Waals surface area contributed by atoms with Crippen molar-refractivity contribution < 1.29 is 14.7 Å². The molecular formula is C16H19N3O4S. The molecule has 0 radical (unpaired) electrons. The molecule has 0 aliphatic carbocycles. The highest BCUT2D eigenvalue weighted by molar-refractivity contribution is 7.09. The minimum atomic E-state index is -0.849. The van der Waals surface area contributed by atoms with E-state index in [1.54, 1.807) is 12.1 Å². The van der Waals surface area contributed by atoms with E-state index in [4.69, 9.17) is 5.11 Å². The SMILES string of the molecule is CC(=O)Nc1ccc(-c2[nH]c(=O)sc2CN(C)CCC(=O)O)cc1. The van der Waals surface area contributed by atoms with Gasteiger partial charge >= 0.3 is 10.8 Å². The first-order valence-electron chi connectivity index (χ1n) is 7.35. The van der Waals surface area contributed by atoms with Crippen LogP contribution >= 0.6 is 11.3 Å². The number of carboxylic acids is 1. The number of anilines is 1. The third-order valence-corrected chi connectivity index (χ3v) is 4.20. The number of nitrogens with zero attached hydrogens (tertiary/aromatic N) is 1. The summed E-state index contributed by atoms with van der Waals surface area (Å²) < 4.78 is 0. The number of carbonyl (C=O) groups is 2. The van der Waals surface area contributed by atoms with Gasteiger partial charge in [-0.1, -0.05) is 23.5 Å². The molecule has 1 aromatic carbocycles. The van der Waals surface area contributed by atoms with Gasteiger partial charge in [0.05, 0.1) is 12.1 Å². The van der Waals surface area contributed by atoms with Crippen molar-refractivity contribution in [2.75, 3.05) is 18.9 Å². The van der Waals surface area contributed by atoms with Gasteiger partial charge < -0.3 is 20.3 Å². The predicted molar refractivity (Wildman–Crippen MR) is 93.3 cm³/mol. The van der Waals surface area contributed by atoms with E-state index in [9.17, 15) is 14.4 Å². The van der Waals surface area contributed by atoms with Crippen molar-refractivity contribution in [3.8, 4) is 11.3 Å². The van der Waals surface area contributed by atoms with E-state index in [0.717, 1.165) is 27.5 Å². The number of aliphatic carboxylic acids is 1. The van der Waals surface area contributed by atoms with Gasteiger partial charge in [-0.2, -0.15) is 0 Å². The van der Waals surface area contributed by atoms with Crippen LogP contribution in [0.3, 0.4) is 0 Å². The van der Waals surface area contributed by atoms with E-state index < -0.39 is 5.97 Å². The first-order valence-corrected chi connectivity index (χ1v) is 8.17. The van der Waals surface area contributed by atoms with Crippen molar-refractivity contribution in [2.24, 2.45) is 0 Å². The number of thiazole rings is 1. The number of carbonyl (C=O) groups excluding carboxylic acids is 1. The number of aromatic nitrogens is 1. The van der Waals surface area contributed by atoms with E-state index >= 15 is 0 Å². The lowest BCUT2D eigenvalue weighted by Gasteiger charge is -2.15. The molecule has 8 heteroatoms. The number of nitrogens with one attached hydrogen (secondary N) is 2. The van der Waals surface area contributed by atoms with E-state index in [0.29, 0.717) is 18.8 Å². The van der Waals surface area contributed by atoms with Crippen LogP contribution in [0.1, 0.15) is 18.2 Å². The second kappa shape index (κ2) is 7.89. The topological polar surface area (TPSA) is 103 Å². The van der Waals surface area contributed by atoms with Crippen molar-refractivity contribution in [3.05, 3.63) is 38.8 Å². The maximum Gasteiger partial charge on any atom is 0.305 e. The van der Waals surface area contributed by atoms with Gasteiger partial charge in [0.1, 0.15) is 0 Å². The summed E-state index contributed by atoms with van der Waals surface area (Å²) in [6, 6.07) is 7.18. The van der Waals surface area contributed by atoms with E-state index in [1.165, 1.54) is 6.92 Å². The summed E-state index contributed by atoms with van der Waals surface area (Å²) in [5.41, 5.74) is 2.24. The Bertz CT molecular complexity index is 779. The molecule has 0 saturated carbocycles. The first kappa shape index (κ1) is 17.9. The molecule has 128 valence electrons. The van der Waals surface area contributed by atoms with Crippen LogP contribution in [-0.4, -0.2) is 40.5 Å². The highest BCUT2D eigenvalue weighted by atomic mass is 32.1. The van der Waals surface area contributed by atoms with E-state index in [1.807, 2.05) is 24.1 Å². The lowest BCUT2D eigenvalue weighted by molar-refractivity contribution is -0.137. The molecule has 0 fully saturated rings. The number of rotatable bonds is 7. The van der Waals surface area contributed by atoms with Crippen molar-refractivity contribution >= 4 is 28.9 Å². The van der Waals surface area contributed by atoms with Crippen LogP contribution in [0.5, 0.6) is 0 Å². The second-order valence-electron chi connectivity index (χ2n) is 5.45. The van der Waals surface area contributed by atoms with Crippen LogP contribution in [0, 0.1) is 0 Å². The van der Waals surface area contributed by atoms with Gasteiger partial charge in [0.2, 0.25) is 5.91 Å². The molecule has 7 nitrogen and oxygen atoms in total. The molecule has 1 amide bonds. The van der Waals surface area contributed by atoms with E-state index in [-0.39, 0.29) is 17.2 Å². The average Bonchev–Trinajstić information content (AvgIpc) is 2.86. The van der Waals surface area contributed by atoms with Crippen molar-refractivity contribution in [2.45, 2.75) is 19.9 Å². The van der Waals surface area contributed by atoms with Gasteiger partial charge in [0.15, 0.2) is 0 Å². The van der Waals surface area contributed by atoms with Crippen molar-refractivity contribution in [1.82, 2.24) is 9.88 Å². The number of amides is 1. The zero-order chi connectivity index (χ0) is 17.7. The Morgan fingerprint density at radius 1 is 1.29 bits per heavy atom. The first-order chi connectivity index (χ1) is 11.3. The molecule has 0 aliphatic rings. The highest BCUT2D eigenvalue weighted by Crippen LogP contribution is 2.25. The third-order valence-electron chi connectivity index (χ3n) is 3.34. The Morgan fingerprint density at radius 3 is 2.54 bits per heavy atom. The molecule has 0 unspecified atom stereocenters. The molecule has 24 heavy (non-hydrogen) atoms. The molecule has 1 heterocycles. The average molecular weight is 349 g/mol. The molecule has 2 aromatic rings. The normalized spacial score (nSPS) is 10.8. The van der Waals surface area contributed by atoms with Crippen molar-refractivity contribution in [3.63, 3.8) is 0 Å². The Kier molecular flexibility index (Phi) is 5.88. The second-order valence-corrected chi connectivity index (χ2v) is 6.52. The van der Waals surface area contributed by atoms with Crippen LogP contribution in [0.4, 0.5) is 5.69 Å². The zero-order valence-electron chi connectivity index (χ0n) is 13.5. The van der Waals surface area contributed by atoms with Crippen molar-refractivity contribution in [1.29, 1.82) is 0 Å². The van der Waals surface area contributed by atoms with Gasteiger partial charge in [-0.3, -0.25) is 14.4 Å². The fourth-order valence-corrected chi connectivity index (χ4v) is 3.17. The van der Waals surface area contributed by atoms with Crippen LogP contribution in [0.2, 0.25) is 0 Å². The van der Waals surface area contributed by atoms with E-state index in [2.05, 4.69) is 10.3 Å². The molecule has 0 saturated heterocycles. The molecular weight excluding hydrogens is 330 g/mol. The lowest BCUT2D eigenvalue weighted by atomic mass is 10.1. The molecule has 0 spiro atoms. The lowest BCUT2D eigenvalue weighted by Crippen LogP contribution is -2.21. The van der Waals surface area contributed by atoms with Crippen LogP contribution in [0.15, 0.2) is 29.1 Å². The molecule has 0 atom stereocenters. The Balaban J connectivity index is 2.17. The Morgan fingerprint density at radius 2 is 1.96 bits per heavy atom. The Hall–Kier alpha value is -2.45. The summed E-state index contributed by atoms with van der Waals surface area (Å²) in [5.74, 6) is -0.995. The summed E-state index contributed by atoms with van der Waals surface area (Å²) >= 11 is 1.12. The fraction of sp³-hybridized carbons (Fsp3) is 0.312. The summed E-state index contributed by atoms with van der Waals surface area (Å²) in [7, 11) is 1.82. The monoisotopic (exact) mass is 349 g/mol. The highest BCUT2D eigenvalue weighted by Gasteiger charge is 2.13. The fourth-order valence-electron chi connectivity index (χ4n) is 2.24. The summed E-state index contributed by atoms with van der Waals surface area (Å²) in [6.45, 7) is 2.33. The maximum absolute atomic E-state index is 11.7. The van der Waals surface area contributed by atoms with Crippen LogP contribution in [0.25, 0.3) is 11.3 Å². The smallest absolute Gasteiger partial charge is 0.305 e. The molecule has 0 aliphatic heterocycles. The minimum Gasteiger partial charge on any atom is -0.481 e. The van der Waals surface area contributed by atoms with Gasteiger partial charge in [-0.15, -0.1) is 0 Å². The van der Waals surface area contributed by atoms with Gasteiger partial charge in [0.25, 0.3) is 0 Å². The molecule has 1 aromatic heterocycles. The number of benzene rings is 1. The molecule has 3 N–H and O–H groups in total. The number of hydrogen-bond donors (Lipinski definition) is 3.